The SMILES string of the molecule is CC(=O)Nc1ccc(N2C(=O)C[C@H]([NH2+]C3CC[NH+](Cc4ccccc4)CC3)C2=O)cc1. The minimum atomic E-state index is -0.344. The van der Waals surface area contributed by atoms with E-state index in [1.165, 1.54) is 17.4 Å². The molecular formula is C24H30N4O3+2. The molecular weight excluding hydrogens is 392 g/mol. The summed E-state index contributed by atoms with van der Waals surface area (Å²) in [7, 11) is 0. The van der Waals surface area contributed by atoms with Crippen molar-refractivity contribution in [3.63, 3.8) is 0 Å². The zero-order chi connectivity index (χ0) is 21.8. The Kier molecular flexibility index (Phi) is 6.44. The van der Waals surface area contributed by atoms with Crippen LogP contribution in [0.15, 0.2) is 54.6 Å². The molecule has 31 heavy (non-hydrogen) atoms. The van der Waals surface area contributed by atoms with Gasteiger partial charge in [-0.2, -0.15) is 0 Å². The van der Waals surface area contributed by atoms with E-state index in [0.29, 0.717) is 17.4 Å². The maximum absolute atomic E-state index is 13.0. The summed E-state index contributed by atoms with van der Waals surface area (Å²) in [6.45, 7) is 4.64. The van der Waals surface area contributed by atoms with Gasteiger partial charge in [0.05, 0.1) is 31.2 Å². The third-order valence-electron chi connectivity index (χ3n) is 6.17. The number of piperidine rings is 1. The Morgan fingerprint density at radius 3 is 2.39 bits per heavy atom. The molecule has 2 aliphatic rings. The lowest BCUT2D eigenvalue weighted by molar-refractivity contribution is -0.926. The number of rotatable bonds is 6. The lowest BCUT2D eigenvalue weighted by Crippen LogP contribution is -3.14. The van der Waals surface area contributed by atoms with Crippen molar-refractivity contribution in [1.29, 1.82) is 0 Å². The van der Waals surface area contributed by atoms with Gasteiger partial charge < -0.3 is 15.5 Å². The van der Waals surface area contributed by atoms with E-state index in [9.17, 15) is 14.4 Å². The molecule has 0 bridgehead atoms. The molecule has 4 N–H and O–H groups in total. The van der Waals surface area contributed by atoms with Crippen molar-refractivity contribution in [3.05, 3.63) is 60.2 Å². The second kappa shape index (κ2) is 9.41. The maximum atomic E-state index is 13.0. The summed E-state index contributed by atoms with van der Waals surface area (Å²) in [6, 6.07) is 17.4. The normalized spacial score (nSPS) is 23.8. The number of carbonyl (C=O) groups excluding carboxylic acids is 3. The third kappa shape index (κ3) is 5.18. The maximum Gasteiger partial charge on any atom is 0.292 e. The molecule has 7 heteroatoms. The standard InChI is InChI=1S/C24H28N4O3/c1-17(29)25-19-7-9-21(10-8-19)28-23(30)15-22(24(28)31)26-20-11-13-27(14-12-20)16-18-5-3-2-4-6-18/h2-10,20,22,26H,11-16H2,1H3,(H,25,29)/p+2/t22-/m0/s1. The zero-order valence-electron chi connectivity index (χ0n) is 17.8. The molecule has 2 aliphatic heterocycles. The van der Waals surface area contributed by atoms with Crippen molar-refractivity contribution in [2.75, 3.05) is 23.3 Å². The number of quaternary nitrogens is 2. The Morgan fingerprint density at radius 1 is 1.06 bits per heavy atom. The highest BCUT2D eigenvalue weighted by Crippen LogP contribution is 2.23. The molecule has 0 aromatic heterocycles. The van der Waals surface area contributed by atoms with Crippen LogP contribution in [0.1, 0.15) is 31.7 Å². The van der Waals surface area contributed by atoms with Crippen molar-refractivity contribution >= 4 is 29.1 Å². The molecule has 7 nitrogen and oxygen atoms in total. The van der Waals surface area contributed by atoms with Gasteiger partial charge in [0.25, 0.3) is 5.91 Å². The first-order valence-corrected chi connectivity index (χ1v) is 11.0. The number of nitrogens with one attached hydrogen (secondary N) is 2. The van der Waals surface area contributed by atoms with E-state index in [0.717, 1.165) is 32.5 Å². The first-order chi connectivity index (χ1) is 15.0. The largest absolute Gasteiger partial charge is 0.333 e. The third-order valence-corrected chi connectivity index (χ3v) is 6.17. The van der Waals surface area contributed by atoms with Gasteiger partial charge >= 0.3 is 0 Å². The number of carbonyl (C=O) groups is 3. The summed E-state index contributed by atoms with van der Waals surface area (Å²) in [4.78, 5) is 39.6. The number of benzene rings is 2. The van der Waals surface area contributed by atoms with Crippen LogP contribution in [0.25, 0.3) is 0 Å². The molecule has 0 aliphatic carbocycles. The van der Waals surface area contributed by atoms with E-state index in [-0.39, 0.29) is 30.2 Å². The molecule has 2 aromatic rings. The van der Waals surface area contributed by atoms with Crippen LogP contribution in [0.4, 0.5) is 11.4 Å². The van der Waals surface area contributed by atoms with Gasteiger partial charge in [0, 0.05) is 31.0 Å². The lowest BCUT2D eigenvalue weighted by Gasteiger charge is -2.29. The predicted octanol–water partition coefficient (Wildman–Crippen LogP) is 0.0878. The minimum Gasteiger partial charge on any atom is -0.333 e. The molecule has 162 valence electrons. The zero-order valence-corrected chi connectivity index (χ0v) is 17.8. The Labute approximate surface area is 182 Å². The van der Waals surface area contributed by atoms with Crippen LogP contribution in [0, 0.1) is 0 Å². The van der Waals surface area contributed by atoms with E-state index in [1.54, 1.807) is 29.2 Å². The van der Waals surface area contributed by atoms with Gasteiger partial charge in [0.2, 0.25) is 11.8 Å². The van der Waals surface area contributed by atoms with Crippen LogP contribution in [0.2, 0.25) is 0 Å². The summed E-state index contributed by atoms with van der Waals surface area (Å²) >= 11 is 0. The highest BCUT2D eigenvalue weighted by Gasteiger charge is 2.44. The number of likely N-dealkylation sites (tertiary alicyclic amines) is 1. The predicted molar refractivity (Wildman–Crippen MR) is 117 cm³/mol. The smallest absolute Gasteiger partial charge is 0.292 e. The minimum absolute atomic E-state index is 0.142. The molecule has 0 radical (unpaired) electrons. The van der Waals surface area contributed by atoms with Gasteiger partial charge in [-0.3, -0.25) is 14.4 Å². The topological polar surface area (TPSA) is 87.5 Å². The fraction of sp³-hybridized carbons (Fsp3) is 0.375. The molecule has 2 fully saturated rings. The molecule has 0 unspecified atom stereocenters. The van der Waals surface area contributed by atoms with Crippen molar-refractivity contribution in [2.24, 2.45) is 0 Å². The van der Waals surface area contributed by atoms with Crippen molar-refractivity contribution in [2.45, 2.75) is 44.8 Å². The number of anilines is 2. The molecule has 2 saturated heterocycles. The Morgan fingerprint density at radius 2 is 1.74 bits per heavy atom. The van der Waals surface area contributed by atoms with E-state index in [2.05, 4.69) is 34.9 Å². The second-order valence-electron chi connectivity index (χ2n) is 8.55. The first kappa shape index (κ1) is 21.2. The van der Waals surface area contributed by atoms with Crippen LogP contribution in [0.3, 0.4) is 0 Å². The summed E-state index contributed by atoms with van der Waals surface area (Å²) in [5.74, 6) is -0.464. The second-order valence-corrected chi connectivity index (χ2v) is 8.55. The van der Waals surface area contributed by atoms with Crippen molar-refractivity contribution in [3.8, 4) is 0 Å². The number of imide groups is 1. The molecule has 0 saturated carbocycles. The van der Waals surface area contributed by atoms with Crippen molar-refractivity contribution in [1.82, 2.24) is 0 Å². The van der Waals surface area contributed by atoms with Gasteiger partial charge in [0.1, 0.15) is 6.54 Å². The first-order valence-electron chi connectivity index (χ1n) is 11.0. The lowest BCUT2D eigenvalue weighted by atomic mass is 10.0. The van der Waals surface area contributed by atoms with E-state index in [4.69, 9.17) is 0 Å². The van der Waals surface area contributed by atoms with E-state index >= 15 is 0 Å². The van der Waals surface area contributed by atoms with E-state index < -0.39 is 0 Å². The summed E-state index contributed by atoms with van der Waals surface area (Å²) < 4.78 is 0. The van der Waals surface area contributed by atoms with Crippen LogP contribution in [-0.2, 0) is 20.9 Å². The number of amides is 3. The summed E-state index contributed by atoms with van der Waals surface area (Å²) in [6.07, 6.45) is 2.33. The monoisotopic (exact) mass is 422 g/mol. The van der Waals surface area contributed by atoms with Crippen LogP contribution < -0.4 is 20.4 Å². The van der Waals surface area contributed by atoms with Crippen LogP contribution >= 0.6 is 0 Å². The Bertz CT molecular complexity index is 937. The average Bonchev–Trinajstić information content (AvgIpc) is 3.03. The summed E-state index contributed by atoms with van der Waals surface area (Å²) in [5, 5.41) is 4.81. The molecule has 4 rings (SSSR count). The number of hydrogen-bond donors (Lipinski definition) is 3. The number of nitrogens with two attached hydrogens (primary N) is 1. The molecule has 2 heterocycles. The van der Waals surface area contributed by atoms with E-state index in [1.807, 2.05) is 6.07 Å². The molecule has 0 spiro atoms. The van der Waals surface area contributed by atoms with Gasteiger partial charge in [-0.25, -0.2) is 4.90 Å². The highest BCUT2D eigenvalue weighted by atomic mass is 16.2. The Balaban J connectivity index is 1.31. The highest BCUT2D eigenvalue weighted by molar-refractivity contribution is 6.21. The molecule has 3 amide bonds. The van der Waals surface area contributed by atoms with Crippen LogP contribution in [-0.4, -0.2) is 42.9 Å². The van der Waals surface area contributed by atoms with Gasteiger partial charge in [-0.1, -0.05) is 30.3 Å². The quantitative estimate of drug-likeness (QED) is 0.577. The summed E-state index contributed by atoms with van der Waals surface area (Å²) in [5.41, 5.74) is 2.56. The fourth-order valence-corrected chi connectivity index (χ4v) is 4.60. The fourth-order valence-electron chi connectivity index (χ4n) is 4.60. The van der Waals surface area contributed by atoms with Gasteiger partial charge in [-0.05, 0) is 24.3 Å². The number of hydrogen-bond acceptors (Lipinski definition) is 3. The number of nitrogens with zero attached hydrogens (tertiary/aromatic N) is 1. The van der Waals surface area contributed by atoms with Crippen molar-refractivity contribution < 1.29 is 24.6 Å². The van der Waals surface area contributed by atoms with Crippen LogP contribution in [0.5, 0.6) is 0 Å². The average molecular weight is 423 g/mol. The molecule has 1 atom stereocenters. The Hall–Kier alpha value is -3.03. The molecule has 2 aromatic carbocycles. The van der Waals surface area contributed by atoms with Gasteiger partial charge in [-0.15, -0.1) is 0 Å². The van der Waals surface area contributed by atoms with Gasteiger partial charge in [0.15, 0.2) is 6.04 Å².